The number of fused-ring (bicyclic) bond motifs is 1. The van der Waals surface area contributed by atoms with Gasteiger partial charge in [0.15, 0.2) is 6.04 Å². The van der Waals surface area contributed by atoms with Crippen LogP contribution in [0.4, 0.5) is 5.82 Å². The Morgan fingerprint density at radius 1 is 1.50 bits per heavy atom. The molecule has 0 saturated carbocycles. The van der Waals surface area contributed by atoms with Gasteiger partial charge in [0, 0.05) is 6.07 Å². The summed E-state index contributed by atoms with van der Waals surface area (Å²) in [6.45, 7) is 4.06. The molecule has 1 aromatic rings. The van der Waals surface area contributed by atoms with E-state index >= 15 is 0 Å². The highest BCUT2D eigenvalue weighted by Crippen LogP contribution is 2.16. The Labute approximate surface area is 93.9 Å². The van der Waals surface area contributed by atoms with E-state index in [0.717, 1.165) is 5.82 Å². The summed E-state index contributed by atoms with van der Waals surface area (Å²) < 4.78 is 1.87. The number of aromatic nitrogens is 1. The number of rotatable bonds is 3. The standard InChI is InChI=1S/C11H14N2O3/c1-3-15-16-11-10(14)8(2)13-7-5-4-6-9(13)12-11/h4-8,11H,3H2,1-2H3/p+1. The molecule has 2 heterocycles. The molecule has 2 unspecified atom stereocenters. The quantitative estimate of drug-likeness (QED) is 0.468. The van der Waals surface area contributed by atoms with Gasteiger partial charge < -0.3 is 0 Å². The molecule has 0 aromatic carbocycles. The first-order valence-electron chi connectivity index (χ1n) is 5.32. The fourth-order valence-corrected chi connectivity index (χ4v) is 1.69. The molecule has 5 nitrogen and oxygen atoms in total. The molecular weight excluding hydrogens is 208 g/mol. The average molecular weight is 223 g/mol. The molecule has 1 N–H and O–H groups in total. The van der Waals surface area contributed by atoms with Crippen molar-refractivity contribution >= 4 is 11.6 Å². The molecule has 0 bridgehead atoms. The number of carbonyl (C=O) groups excluding carboxylic acids is 1. The lowest BCUT2D eigenvalue weighted by Crippen LogP contribution is -2.55. The molecule has 0 radical (unpaired) electrons. The van der Waals surface area contributed by atoms with Gasteiger partial charge >= 0.3 is 0 Å². The van der Waals surface area contributed by atoms with E-state index in [1.165, 1.54) is 0 Å². The molecule has 0 fully saturated rings. The van der Waals surface area contributed by atoms with Gasteiger partial charge in [-0.1, -0.05) is 6.07 Å². The number of hydrogen-bond donors (Lipinski definition) is 1. The van der Waals surface area contributed by atoms with Crippen LogP contribution in [-0.2, 0) is 14.6 Å². The molecule has 0 aliphatic carbocycles. The van der Waals surface area contributed by atoms with Gasteiger partial charge in [0.2, 0.25) is 0 Å². The maximum Gasteiger partial charge on any atom is 0.289 e. The van der Waals surface area contributed by atoms with Crippen molar-refractivity contribution in [3.63, 3.8) is 0 Å². The van der Waals surface area contributed by atoms with E-state index in [1.807, 2.05) is 35.9 Å². The van der Waals surface area contributed by atoms with Gasteiger partial charge in [-0.2, -0.15) is 4.89 Å². The van der Waals surface area contributed by atoms with Gasteiger partial charge in [-0.25, -0.2) is 14.8 Å². The molecule has 1 aliphatic heterocycles. The van der Waals surface area contributed by atoms with E-state index in [0.29, 0.717) is 6.61 Å². The third kappa shape index (κ3) is 1.91. The van der Waals surface area contributed by atoms with Crippen molar-refractivity contribution in [3.05, 3.63) is 24.4 Å². The van der Waals surface area contributed by atoms with Crippen LogP contribution in [0.3, 0.4) is 0 Å². The number of pyridine rings is 1. The number of anilines is 1. The van der Waals surface area contributed by atoms with Crippen molar-refractivity contribution in [1.29, 1.82) is 0 Å². The van der Waals surface area contributed by atoms with Crippen molar-refractivity contribution in [2.45, 2.75) is 26.1 Å². The zero-order chi connectivity index (χ0) is 11.5. The van der Waals surface area contributed by atoms with Crippen LogP contribution in [0.1, 0.15) is 19.9 Å². The Balaban J connectivity index is 2.21. The highest BCUT2D eigenvalue weighted by Gasteiger charge is 2.39. The van der Waals surface area contributed by atoms with Crippen molar-refractivity contribution in [2.24, 2.45) is 0 Å². The fourth-order valence-electron chi connectivity index (χ4n) is 1.69. The molecule has 16 heavy (non-hydrogen) atoms. The van der Waals surface area contributed by atoms with Gasteiger partial charge in [-0.15, -0.1) is 0 Å². The summed E-state index contributed by atoms with van der Waals surface area (Å²) >= 11 is 0. The molecule has 0 amide bonds. The van der Waals surface area contributed by atoms with E-state index < -0.39 is 6.23 Å². The highest BCUT2D eigenvalue weighted by atomic mass is 17.2. The average Bonchev–Trinajstić information content (AvgIpc) is 2.32. The SMILES string of the molecule is CCOOC1Nc2cccc[n+]2C(C)C1=O. The topological polar surface area (TPSA) is 51.4 Å². The normalized spacial score (nSPS) is 23.8. The summed E-state index contributed by atoms with van der Waals surface area (Å²) in [5, 5.41) is 2.98. The molecule has 5 heteroatoms. The van der Waals surface area contributed by atoms with Gasteiger partial charge in [-0.05, 0) is 19.9 Å². The van der Waals surface area contributed by atoms with E-state index in [-0.39, 0.29) is 11.8 Å². The second-order valence-corrected chi connectivity index (χ2v) is 3.60. The smallest absolute Gasteiger partial charge is 0.287 e. The molecule has 0 saturated heterocycles. The van der Waals surface area contributed by atoms with E-state index in [1.54, 1.807) is 6.92 Å². The number of ketones is 1. The second-order valence-electron chi connectivity index (χ2n) is 3.60. The Bertz CT molecular complexity index is 395. The number of hydrogen-bond acceptors (Lipinski definition) is 4. The Kier molecular flexibility index (Phi) is 3.17. The van der Waals surface area contributed by atoms with Crippen LogP contribution in [0, 0.1) is 0 Å². The van der Waals surface area contributed by atoms with Crippen LogP contribution < -0.4 is 9.88 Å². The van der Waals surface area contributed by atoms with Crippen molar-refractivity contribution in [1.82, 2.24) is 0 Å². The first-order chi connectivity index (χ1) is 7.74. The molecule has 1 aromatic heterocycles. The van der Waals surface area contributed by atoms with E-state index in [2.05, 4.69) is 5.32 Å². The molecular formula is C11H15N2O3+. The molecule has 1 aliphatic rings. The first kappa shape index (κ1) is 11.0. The number of nitrogens with zero attached hydrogens (tertiary/aromatic N) is 1. The summed E-state index contributed by atoms with van der Waals surface area (Å²) in [5.74, 6) is 0.802. The van der Waals surface area contributed by atoms with Crippen molar-refractivity contribution < 1.29 is 19.1 Å². The highest BCUT2D eigenvalue weighted by molar-refractivity contribution is 5.88. The monoisotopic (exact) mass is 223 g/mol. The van der Waals surface area contributed by atoms with Gasteiger partial charge in [0.25, 0.3) is 17.8 Å². The van der Waals surface area contributed by atoms with Crippen LogP contribution in [0.5, 0.6) is 0 Å². The van der Waals surface area contributed by atoms with Gasteiger partial charge in [0.05, 0.1) is 12.8 Å². The zero-order valence-corrected chi connectivity index (χ0v) is 9.34. The minimum Gasteiger partial charge on any atom is -0.287 e. The lowest BCUT2D eigenvalue weighted by molar-refractivity contribution is -0.696. The number of nitrogens with one attached hydrogen (secondary N) is 1. The third-order valence-electron chi connectivity index (χ3n) is 2.54. The second kappa shape index (κ2) is 4.59. The lowest BCUT2D eigenvalue weighted by atomic mass is 10.1. The largest absolute Gasteiger partial charge is 0.289 e. The summed E-state index contributed by atoms with van der Waals surface area (Å²) in [7, 11) is 0. The first-order valence-corrected chi connectivity index (χ1v) is 5.32. The minimum atomic E-state index is -0.725. The predicted octanol–water partition coefficient (Wildman–Crippen LogP) is 0.824. The maximum atomic E-state index is 11.9. The Morgan fingerprint density at radius 2 is 2.31 bits per heavy atom. The Hall–Kier alpha value is -1.46. The number of Topliss-reactive ketones (excluding diaryl/α,β-unsaturated/α-hetero) is 1. The summed E-state index contributed by atoms with van der Waals surface area (Å²) in [6.07, 6.45) is 1.14. The van der Waals surface area contributed by atoms with Crippen LogP contribution in [0.15, 0.2) is 24.4 Å². The van der Waals surface area contributed by atoms with Crippen molar-refractivity contribution in [3.8, 4) is 0 Å². The fraction of sp³-hybridized carbons (Fsp3) is 0.455. The predicted molar refractivity (Wildman–Crippen MR) is 56.5 cm³/mol. The van der Waals surface area contributed by atoms with Gasteiger partial charge in [0.1, 0.15) is 0 Å². The van der Waals surface area contributed by atoms with Crippen LogP contribution in [0.2, 0.25) is 0 Å². The minimum absolute atomic E-state index is 0.0443. The lowest BCUT2D eigenvalue weighted by Gasteiger charge is -2.23. The van der Waals surface area contributed by atoms with E-state index in [4.69, 9.17) is 9.78 Å². The van der Waals surface area contributed by atoms with Crippen molar-refractivity contribution in [2.75, 3.05) is 11.9 Å². The Morgan fingerprint density at radius 3 is 3.06 bits per heavy atom. The van der Waals surface area contributed by atoms with Crippen LogP contribution >= 0.6 is 0 Å². The zero-order valence-electron chi connectivity index (χ0n) is 9.34. The molecule has 86 valence electrons. The summed E-state index contributed by atoms with van der Waals surface area (Å²) in [5.41, 5.74) is 0. The van der Waals surface area contributed by atoms with E-state index in [9.17, 15) is 4.79 Å². The summed E-state index contributed by atoms with van der Waals surface area (Å²) in [4.78, 5) is 21.7. The van der Waals surface area contributed by atoms with Gasteiger partial charge in [-0.3, -0.25) is 4.79 Å². The summed E-state index contributed by atoms with van der Waals surface area (Å²) in [6, 6.07) is 5.44. The molecule has 2 rings (SSSR count). The molecule has 2 atom stereocenters. The van der Waals surface area contributed by atoms with Crippen LogP contribution in [-0.4, -0.2) is 18.6 Å². The number of carbonyl (C=O) groups is 1. The molecule has 0 spiro atoms. The van der Waals surface area contributed by atoms with Crippen LogP contribution in [0.25, 0.3) is 0 Å². The third-order valence-corrected chi connectivity index (χ3v) is 2.54. The maximum absolute atomic E-state index is 11.9.